The second-order valence-electron chi connectivity index (χ2n) is 6.07. The van der Waals surface area contributed by atoms with E-state index < -0.39 is 0 Å². The minimum Gasteiger partial charge on any atom is -0.339 e. The molecule has 3 atom stereocenters. The van der Waals surface area contributed by atoms with Crippen LogP contribution in [0.3, 0.4) is 0 Å². The summed E-state index contributed by atoms with van der Waals surface area (Å²) in [5.74, 6) is 2.14. The van der Waals surface area contributed by atoms with Gasteiger partial charge in [-0.3, -0.25) is 4.79 Å². The number of hydrogen-bond acceptors (Lipinski definition) is 2. The van der Waals surface area contributed by atoms with Gasteiger partial charge in [0.05, 0.1) is 6.54 Å². The van der Waals surface area contributed by atoms with Crippen molar-refractivity contribution in [2.24, 2.45) is 11.8 Å². The Morgan fingerprint density at radius 1 is 1.24 bits per heavy atom. The van der Waals surface area contributed by atoms with Crippen molar-refractivity contribution >= 4 is 5.91 Å². The number of carbonyl (C=O) groups is 1. The predicted molar refractivity (Wildman–Crippen MR) is 67.6 cm³/mol. The Bertz CT molecular complexity index is 301. The molecule has 0 aromatic heterocycles. The molecule has 1 amide bonds. The van der Waals surface area contributed by atoms with Gasteiger partial charge in [0.2, 0.25) is 5.91 Å². The lowest BCUT2D eigenvalue weighted by Gasteiger charge is -2.25. The van der Waals surface area contributed by atoms with E-state index in [1.54, 1.807) is 0 Å². The Kier molecular flexibility index (Phi) is 3.12. The topological polar surface area (TPSA) is 32.3 Å². The smallest absolute Gasteiger partial charge is 0.236 e. The first-order valence-electron chi connectivity index (χ1n) is 7.30. The SMILES string of the molecule is CCN(C(=O)CNC1CC2CCC1C2)C1CC1. The zero-order chi connectivity index (χ0) is 11.8. The maximum Gasteiger partial charge on any atom is 0.236 e. The third-order valence-electron chi connectivity index (χ3n) is 4.90. The standard InChI is InChI=1S/C14H24N2O/c1-2-16(12-5-6-12)14(17)9-15-13-8-10-3-4-11(13)7-10/h10-13,15H,2-9H2,1H3. The van der Waals surface area contributed by atoms with Crippen molar-refractivity contribution in [2.75, 3.05) is 13.1 Å². The van der Waals surface area contributed by atoms with Gasteiger partial charge in [-0.05, 0) is 50.9 Å². The monoisotopic (exact) mass is 236 g/mol. The van der Waals surface area contributed by atoms with Gasteiger partial charge in [-0.1, -0.05) is 6.42 Å². The van der Waals surface area contributed by atoms with E-state index in [4.69, 9.17) is 0 Å². The number of nitrogens with one attached hydrogen (secondary N) is 1. The second kappa shape index (κ2) is 4.60. The van der Waals surface area contributed by atoms with Crippen LogP contribution in [0.15, 0.2) is 0 Å². The molecule has 0 aromatic rings. The summed E-state index contributed by atoms with van der Waals surface area (Å²) in [7, 11) is 0. The van der Waals surface area contributed by atoms with Crippen LogP contribution >= 0.6 is 0 Å². The highest BCUT2D eigenvalue weighted by atomic mass is 16.2. The summed E-state index contributed by atoms with van der Waals surface area (Å²) in [4.78, 5) is 14.1. The molecule has 0 aliphatic heterocycles. The zero-order valence-corrected chi connectivity index (χ0v) is 10.8. The van der Waals surface area contributed by atoms with Gasteiger partial charge in [0.15, 0.2) is 0 Å². The van der Waals surface area contributed by atoms with Gasteiger partial charge in [-0.15, -0.1) is 0 Å². The molecule has 3 fully saturated rings. The van der Waals surface area contributed by atoms with Crippen LogP contribution in [-0.4, -0.2) is 36.0 Å². The number of rotatable bonds is 5. The van der Waals surface area contributed by atoms with E-state index in [1.165, 1.54) is 38.5 Å². The van der Waals surface area contributed by atoms with Crippen LogP contribution in [0.2, 0.25) is 0 Å². The van der Waals surface area contributed by atoms with Crippen molar-refractivity contribution in [3.05, 3.63) is 0 Å². The van der Waals surface area contributed by atoms with E-state index in [1.807, 2.05) is 0 Å². The van der Waals surface area contributed by atoms with E-state index in [-0.39, 0.29) is 0 Å². The van der Waals surface area contributed by atoms with Crippen molar-refractivity contribution < 1.29 is 4.79 Å². The minimum atomic E-state index is 0.317. The second-order valence-corrected chi connectivity index (χ2v) is 6.07. The first-order chi connectivity index (χ1) is 8.28. The Morgan fingerprint density at radius 2 is 2.06 bits per heavy atom. The summed E-state index contributed by atoms with van der Waals surface area (Å²) in [5.41, 5.74) is 0. The Morgan fingerprint density at radius 3 is 2.59 bits per heavy atom. The van der Waals surface area contributed by atoms with Crippen molar-refractivity contribution in [3.63, 3.8) is 0 Å². The van der Waals surface area contributed by atoms with Crippen molar-refractivity contribution in [3.8, 4) is 0 Å². The normalized spacial score (nSPS) is 35.2. The molecule has 17 heavy (non-hydrogen) atoms. The van der Waals surface area contributed by atoms with Gasteiger partial charge >= 0.3 is 0 Å². The quantitative estimate of drug-likeness (QED) is 0.789. The molecule has 0 aromatic carbocycles. The number of fused-ring (bicyclic) bond motifs is 2. The van der Waals surface area contributed by atoms with Crippen molar-refractivity contribution in [1.29, 1.82) is 0 Å². The summed E-state index contributed by atoms with van der Waals surface area (Å²) in [6.07, 6.45) is 7.97. The van der Waals surface area contributed by atoms with Crippen LogP contribution in [0.5, 0.6) is 0 Å². The molecule has 0 heterocycles. The van der Waals surface area contributed by atoms with Gasteiger partial charge in [-0.2, -0.15) is 0 Å². The molecule has 2 bridgehead atoms. The molecule has 0 radical (unpaired) electrons. The van der Waals surface area contributed by atoms with E-state index in [9.17, 15) is 4.79 Å². The fraction of sp³-hybridized carbons (Fsp3) is 0.929. The molecule has 0 saturated heterocycles. The number of carbonyl (C=O) groups excluding carboxylic acids is 1. The lowest BCUT2D eigenvalue weighted by atomic mass is 9.95. The molecular weight excluding hydrogens is 212 g/mol. The number of likely N-dealkylation sites (N-methyl/N-ethyl adjacent to an activating group) is 1. The maximum absolute atomic E-state index is 12.1. The van der Waals surface area contributed by atoms with E-state index in [0.717, 1.165) is 18.4 Å². The van der Waals surface area contributed by atoms with Crippen LogP contribution in [0.1, 0.15) is 45.4 Å². The van der Waals surface area contributed by atoms with Gasteiger partial charge < -0.3 is 10.2 Å². The molecule has 0 spiro atoms. The van der Waals surface area contributed by atoms with E-state index >= 15 is 0 Å². The highest BCUT2D eigenvalue weighted by Gasteiger charge is 2.39. The molecule has 1 N–H and O–H groups in total. The lowest BCUT2D eigenvalue weighted by molar-refractivity contribution is -0.130. The summed E-state index contributed by atoms with van der Waals surface area (Å²) in [5, 5.41) is 3.52. The average Bonchev–Trinajstić information content (AvgIpc) is 2.94. The van der Waals surface area contributed by atoms with Crippen LogP contribution in [0, 0.1) is 11.8 Å². The fourth-order valence-electron chi connectivity index (χ4n) is 3.84. The molecular formula is C14H24N2O. The Labute approximate surface area is 104 Å². The predicted octanol–water partition coefficient (Wildman–Crippen LogP) is 1.78. The minimum absolute atomic E-state index is 0.317. The van der Waals surface area contributed by atoms with Crippen LogP contribution in [0.25, 0.3) is 0 Å². The highest BCUT2D eigenvalue weighted by Crippen LogP contribution is 2.44. The maximum atomic E-state index is 12.1. The number of amides is 1. The molecule has 96 valence electrons. The number of hydrogen-bond donors (Lipinski definition) is 1. The number of nitrogens with zero attached hydrogens (tertiary/aromatic N) is 1. The summed E-state index contributed by atoms with van der Waals surface area (Å²) in [6.45, 7) is 3.54. The summed E-state index contributed by atoms with van der Waals surface area (Å²) >= 11 is 0. The third kappa shape index (κ3) is 2.35. The molecule has 3 saturated carbocycles. The van der Waals surface area contributed by atoms with Crippen LogP contribution < -0.4 is 5.32 Å². The third-order valence-corrected chi connectivity index (χ3v) is 4.90. The first-order valence-corrected chi connectivity index (χ1v) is 7.30. The Hall–Kier alpha value is -0.570. The van der Waals surface area contributed by atoms with E-state index in [2.05, 4.69) is 17.1 Å². The van der Waals surface area contributed by atoms with Gasteiger partial charge in [-0.25, -0.2) is 0 Å². The van der Waals surface area contributed by atoms with Gasteiger partial charge in [0.25, 0.3) is 0 Å². The summed E-state index contributed by atoms with van der Waals surface area (Å²) < 4.78 is 0. The summed E-state index contributed by atoms with van der Waals surface area (Å²) in [6, 6.07) is 1.20. The largest absolute Gasteiger partial charge is 0.339 e. The highest BCUT2D eigenvalue weighted by molar-refractivity contribution is 5.78. The van der Waals surface area contributed by atoms with Crippen molar-refractivity contribution in [2.45, 2.75) is 57.5 Å². The molecule has 3 nitrogen and oxygen atoms in total. The molecule has 3 rings (SSSR count). The van der Waals surface area contributed by atoms with Gasteiger partial charge in [0.1, 0.15) is 0 Å². The van der Waals surface area contributed by atoms with Crippen LogP contribution in [-0.2, 0) is 4.79 Å². The first kappa shape index (κ1) is 11.5. The molecule has 3 unspecified atom stereocenters. The fourth-order valence-corrected chi connectivity index (χ4v) is 3.84. The van der Waals surface area contributed by atoms with Crippen molar-refractivity contribution in [1.82, 2.24) is 10.2 Å². The van der Waals surface area contributed by atoms with Crippen LogP contribution in [0.4, 0.5) is 0 Å². The average molecular weight is 236 g/mol. The molecule has 3 heteroatoms. The molecule has 3 aliphatic carbocycles. The van der Waals surface area contributed by atoms with Gasteiger partial charge in [0, 0.05) is 18.6 Å². The van der Waals surface area contributed by atoms with E-state index in [0.29, 0.717) is 24.5 Å². The Balaban J connectivity index is 1.45. The zero-order valence-electron chi connectivity index (χ0n) is 10.8. The lowest BCUT2D eigenvalue weighted by Crippen LogP contribution is -2.44. The molecule has 3 aliphatic rings.